The fourth-order valence-electron chi connectivity index (χ4n) is 4.73. The van der Waals surface area contributed by atoms with Gasteiger partial charge in [-0.15, -0.1) is 0 Å². The number of carbonyl (C=O) groups excluding carboxylic acids is 1. The van der Waals surface area contributed by atoms with Gasteiger partial charge in [0.25, 0.3) is 0 Å². The van der Waals surface area contributed by atoms with Gasteiger partial charge in [0.2, 0.25) is 0 Å². The predicted octanol–water partition coefficient (Wildman–Crippen LogP) is 5.06. The molecule has 1 heterocycles. The Bertz CT molecular complexity index is 951. The van der Waals surface area contributed by atoms with E-state index >= 15 is 0 Å². The lowest BCUT2D eigenvalue weighted by Crippen LogP contribution is -2.39. The number of hydrogen-bond donors (Lipinski definition) is 0. The van der Waals surface area contributed by atoms with Crippen LogP contribution in [-0.4, -0.2) is 15.7 Å². The number of fused-ring (bicyclic) bond motifs is 5. The van der Waals surface area contributed by atoms with Gasteiger partial charge < -0.3 is 4.74 Å². The zero-order chi connectivity index (χ0) is 19.8. The maximum atomic E-state index is 13.3. The van der Waals surface area contributed by atoms with Gasteiger partial charge in [-0.05, 0) is 36.5 Å². The third-order valence-corrected chi connectivity index (χ3v) is 6.69. The molecular formula is C19H18ClF3N2O2. The normalized spacial score (nSPS) is 25.5. The number of esters is 1. The van der Waals surface area contributed by atoms with E-state index in [2.05, 4.69) is 5.10 Å². The zero-order valence-corrected chi connectivity index (χ0v) is 15.8. The SMILES string of the molecule is Cn1ncc(C(=O)O[C@@]23CCC(c4ccc(C(F)(F)F)cc42)C3(C)C)c1Cl. The Balaban J connectivity index is 1.82. The minimum Gasteiger partial charge on any atom is -0.450 e. The van der Waals surface area contributed by atoms with Gasteiger partial charge in [-0.1, -0.05) is 31.5 Å². The molecule has 2 bridgehead atoms. The third-order valence-electron chi connectivity index (χ3n) is 6.24. The number of alkyl halides is 3. The lowest BCUT2D eigenvalue weighted by atomic mass is 9.76. The smallest absolute Gasteiger partial charge is 0.416 e. The van der Waals surface area contributed by atoms with Gasteiger partial charge in [-0.3, -0.25) is 4.68 Å². The summed E-state index contributed by atoms with van der Waals surface area (Å²) < 4.78 is 47.1. The Morgan fingerprint density at radius 1 is 1.37 bits per heavy atom. The fraction of sp³-hybridized carbons (Fsp3) is 0.474. The van der Waals surface area contributed by atoms with Gasteiger partial charge in [-0.2, -0.15) is 18.3 Å². The average Bonchev–Trinajstić information content (AvgIpc) is 3.10. The summed E-state index contributed by atoms with van der Waals surface area (Å²) in [7, 11) is 1.59. The Hall–Kier alpha value is -2.02. The van der Waals surface area contributed by atoms with Gasteiger partial charge in [0.05, 0.1) is 11.8 Å². The number of carbonyl (C=O) groups is 1. The maximum Gasteiger partial charge on any atom is 0.416 e. The number of rotatable bonds is 2. The van der Waals surface area contributed by atoms with E-state index in [9.17, 15) is 18.0 Å². The molecule has 2 aliphatic carbocycles. The molecule has 8 heteroatoms. The second-order valence-electron chi connectivity index (χ2n) is 7.80. The highest BCUT2D eigenvalue weighted by molar-refractivity contribution is 6.32. The van der Waals surface area contributed by atoms with Crippen molar-refractivity contribution < 1.29 is 22.7 Å². The molecule has 0 radical (unpaired) electrons. The number of aryl methyl sites for hydroxylation is 1. The minimum atomic E-state index is -4.46. The molecule has 0 amide bonds. The molecule has 1 aromatic heterocycles. The minimum absolute atomic E-state index is 0.0342. The van der Waals surface area contributed by atoms with E-state index < -0.39 is 28.7 Å². The topological polar surface area (TPSA) is 44.1 Å². The van der Waals surface area contributed by atoms with Crippen LogP contribution in [0, 0.1) is 5.41 Å². The Kier molecular flexibility index (Phi) is 3.74. The molecule has 0 saturated heterocycles. The molecule has 2 aliphatic rings. The van der Waals surface area contributed by atoms with Gasteiger partial charge in [0.1, 0.15) is 16.3 Å². The van der Waals surface area contributed by atoms with E-state index in [-0.39, 0.29) is 16.6 Å². The first-order valence-electron chi connectivity index (χ1n) is 8.61. The van der Waals surface area contributed by atoms with Crippen molar-refractivity contribution >= 4 is 17.6 Å². The standard InChI is InChI=1S/C19H18ClF3N2O2/c1-17(2)13-6-7-18(17,27-16(26)12-9-24-25(3)15(12)20)14-8-10(19(21,22)23)4-5-11(13)14/h4-5,8-9,13H,6-7H2,1-3H3/t13?,18-/m0/s1. The van der Waals surface area contributed by atoms with Crippen LogP contribution in [0.15, 0.2) is 24.4 Å². The second-order valence-corrected chi connectivity index (χ2v) is 8.16. The first kappa shape index (κ1) is 18.3. The quantitative estimate of drug-likeness (QED) is 0.664. The van der Waals surface area contributed by atoms with Crippen molar-refractivity contribution in [3.8, 4) is 0 Å². The van der Waals surface area contributed by atoms with Crippen LogP contribution in [0.2, 0.25) is 5.15 Å². The maximum absolute atomic E-state index is 13.3. The molecule has 27 heavy (non-hydrogen) atoms. The first-order valence-corrected chi connectivity index (χ1v) is 8.99. The Labute approximate surface area is 159 Å². The van der Waals surface area contributed by atoms with Crippen molar-refractivity contribution in [3.05, 3.63) is 51.8 Å². The van der Waals surface area contributed by atoms with Crippen LogP contribution < -0.4 is 0 Å². The van der Waals surface area contributed by atoms with E-state index in [1.165, 1.54) is 16.9 Å². The molecular weight excluding hydrogens is 381 g/mol. The van der Waals surface area contributed by atoms with Crippen LogP contribution in [0.5, 0.6) is 0 Å². The number of hydrogen-bond acceptors (Lipinski definition) is 3. The Morgan fingerprint density at radius 3 is 2.67 bits per heavy atom. The van der Waals surface area contributed by atoms with Gasteiger partial charge in [0.15, 0.2) is 0 Å². The molecule has 4 nitrogen and oxygen atoms in total. The Morgan fingerprint density at radius 2 is 2.07 bits per heavy atom. The van der Waals surface area contributed by atoms with E-state index in [4.69, 9.17) is 16.3 Å². The highest BCUT2D eigenvalue weighted by atomic mass is 35.5. The van der Waals surface area contributed by atoms with Crippen molar-refractivity contribution in [3.63, 3.8) is 0 Å². The first-order chi connectivity index (χ1) is 12.5. The van der Waals surface area contributed by atoms with Crippen molar-refractivity contribution in [1.29, 1.82) is 0 Å². The summed E-state index contributed by atoms with van der Waals surface area (Å²) in [6, 6.07) is 3.76. The lowest BCUT2D eigenvalue weighted by Gasteiger charge is -2.38. The summed E-state index contributed by atoms with van der Waals surface area (Å²) >= 11 is 6.10. The molecule has 0 aliphatic heterocycles. The van der Waals surface area contributed by atoms with E-state index in [0.717, 1.165) is 24.1 Å². The molecule has 0 spiro atoms. The summed E-state index contributed by atoms with van der Waals surface area (Å²) in [5.74, 6) is -0.640. The summed E-state index contributed by atoms with van der Waals surface area (Å²) in [6.07, 6.45) is -1.93. The van der Waals surface area contributed by atoms with Crippen LogP contribution in [-0.2, 0) is 23.6 Å². The van der Waals surface area contributed by atoms with E-state index in [1.54, 1.807) is 7.05 Å². The number of benzene rings is 1. The van der Waals surface area contributed by atoms with Crippen molar-refractivity contribution in [1.82, 2.24) is 9.78 Å². The highest BCUT2D eigenvalue weighted by Crippen LogP contribution is 2.68. The second kappa shape index (κ2) is 5.50. The third kappa shape index (κ3) is 2.37. The molecule has 2 aromatic rings. The van der Waals surface area contributed by atoms with Crippen LogP contribution in [0.4, 0.5) is 13.2 Å². The molecule has 1 saturated carbocycles. The average molecular weight is 399 g/mol. The fourth-order valence-corrected chi connectivity index (χ4v) is 4.90. The molecule has 0 N–H and O–H groups in total. The number of nitrogens with zero attached hydrogens (tertiary/aromatic N) is 2. The molecule has 1 aromatic carbocycles. The van der Waals surface area contributed by atoms with E-state index in [0.29, 0.717) is 12.0 Å². The lowest BCUT2D eigenvalue weighted by molar-refractivity contribution is -0.137. The van der Waals surface area contributed by atoms with Gasteiger partial charge in [0, 0.05) is 18.0 Å². The summed E-state index contributed by atoms with van der Waals surface area (Å²) in [6.45, 7) is 3.88. The zero-order valence-electron chi connectivity index (χ0n) is 15.0. The van der Waals surface area contributed by atoms with Gasteiger partial charge in [-0.25, -0.2) is 4.79 Å². The van der Waals surface area contributed by atoms with Gasteiger partial charge >= 0.3 is 12.1 Å². The largest absolute Gasteiger partial charge is 0.450 e. The van der Waals surface area contributed by atoms with Crippen molar-refractivity contribution in [2.75, 3.05) is 0 Å². The summed E-state index contributed by atoms with van der Waals surface area (Å²) in [5.41, 5.74) is -1.00. The van der Waals surface area contributed by atoms with Crippen LogP contribution in [0.3, 0.4) is 0 Å². The van der Waals surface area contributed by atoms with Crippen LogP contribution in [0.25, 0.3) is 0 Å². The molecule has 1 fully saturated rings. The molecule has 2 atom stereocenters. The monoisotopic (exact) mass is 398 g/mol. The number of ether oxygens (including phenoxy) is 1. The van der Waals surface area contributed by atoms with Crippen LogP contribution in [0.1, 0.15) is 59.7 Å². The summed E-state index contributed by atoms with van der Waals surface area (Å²) in [4.78, 5) is 12.8. The number of halogens is 4. The summed E-state index contributed by atoms with van der Waals surface area (Å²) in [5, 5.41) is 4.06. The van der Waals surface area contributed by atoms with Crippen LogP contribution >= 0.6 is 11.6 Å². The number of aromatic nitrogens is 2. The van der Waals surface area contributed by atoms with Crippen molar-refractivity contribution in [2.45, 2.75) is 44.4 Å². The van der Waals surface area contributed by atoms with Crippen molar-refractivity contribution in [2.24, 2.45) is 12.5 Å². The predicted molar refractivity (Wildman–Crippen MR) is 92.5 cm³/mol. The molecule has 4 rings (SSSR count). The highest BCUT2D eigenvalue weighted by Gasteiger charge is 2.65. The van der Waals surface area contributed by atoms with E-state index in [1.807, 2.05) is 13.8 Å². The molecule has 1 unspecified atom stereocenters. The molecule has 144 valence electrons.